The Morgan fingerprint density at radius 2 is 1.95 bits per heavy atom. The summed E-state index contributed by atoms with van der Waals surface area (Å²) in [5, 5.41) is 0.506. The highest BCUT2D eigenvalue weighted by molar-refractivity contribution is 7.99. The van der Waals surface area contributed by atoms with Gasteiger partial charge in [0.2, 0.25) is 0 Å². The standard InChI is InChI=1S/C14H9FN2OS/c15-10-5-1-2-6-12(10)19-14-11(9-18)17-8-4-3-7-13(17)16-14/h1-9H. The Morgan fingerprint density at radius 1 is 1.16 bits per heavy atom. The molecule has 0 aliphatic rings. The third kappa shape index (κ3) is 2.13. The van der Waals surface area contributed by atoms with E-state index in [1.165, 1.54) is 6.07 Å². The van der Waals surface area contributed by atoms with Crippen molar-refractivity contribution in [3.63, 3.8) is 0 Å². The van der Waals surface area contributed by atoms with Gasteiger partial charge in [0.1, 0.15) is 22.2 Å². The van der Waals surface area contributed by atoms with Crippen molar-refractivity contribution < 1.29 is 9.18 Å². The zero-order valence-electron chi connectivity index (χ0n) is 9.79. The number of fused-ring (bicyclic) bond motifs is 1. The van der Waals surface area contributed by atoms with E-state index < -0.39 is 0 Å². The van der Waals surface area contributed by atoms with E-state index in [0.717, 1.165) is 18.0 Å². The maximum Gasteiger partial charge on any atom is 0.169 e. The van der Waals surface area contributed by atoms with E-state index in [1.807, 2.05) is 12.1 Å². The maximum atomic E-state index is 13.6. The lowest BCUT2D eigenvalue weighted by atomic mass is 10.3. The van der Waals surface area contributed by atoms with Gasteiger partial charge in [-0.2, -0.15) is 0 Å². The van der Waals surface area contributed by atoms with E-state index >= 15 is 0 Å². The molecule has 2 aromatic heterocycles. The molecule has 0 N–H and O–H groups in total. The van der Waals surface area contributed by atoms with E-state index in [2.05, 4.69) is 4.98 Å². The molecule has 1 aromatic carbocycles. The molecule has 0 saturated carbocycles. The van der Waals surface area contributed by atoms with Gasteiger partial charge in [0, 0.05) is 11.1 Å². The minimum atomic E-state index is -0.318. The van der Waals surface area contributed by atoms with Crippen molar-refractivity contribution >= 4 is 23.7 Å². The fraction of sp³-hybridized carbons (Fsp3) is 0. The summed E-state index contributed by atoms with van der Waals surface area (Å²) in [4.78, 5) is 16.0. The topological polar surface area (TPSA) is 34.4 Å². The number of pyridine rings is 1. The summed E-state index contributed by atoms with van der Waals surface area (Å²) in [7, 11) is 0. The van der Waals surface area contributed by atoms with E-state index in [-0.39, 0.29) is 5.82 Å². The molecular weight excluding hydrogens is 263 g/mol. The summed E-state index contributed by atoms with van der Waals surface area (Å²) in [6.07, 6.45) is 2.50. The van der Waals surface area contributed by atoms with Gasteiger partial charge in [-0.3, -0.25) is 9.20 Å². The lowest BCUT2D eigenvalue weighted by Gasteiger charge is -2.00. The van der Waals surface area contributed by atoms with Crippen LogP contribution in [0.2, 0.25) is 0 Å². The van der Waals surface area contributed by atoms with Crippen LogP contribution < -0.4 is 0 Å². The van der Waals surface area contributed by atoms with E-state index in [9.17, 15) is 9.18 Å². The fourth-order valence-corrected chi connectivity index (χ4v) is 2.72. The normalized spacial score (nSPS) is 10.8. The van der Waals surface area contributed by atoms with Gasteiger partial charge in [-0.25, -0.2) is 9.37 Å². The Kier molecular flexibility index (Phi) is 3.05. The Balaban J connectivity index is 2.10. The Hall–Kier alpha value is -2.14. The quantitative estimate of drug-likeness (QED) is 0.685. The van der Waals surface area contributed by atoms with Crippen LogP contribution in [0.4, 0.5) is 4.39 Å². The molecule has 0 atom stereocenters. The smallest absolute Gasteiger partial charge is 0.169 e. The van der Waals surface area contributed by atoms with Crippen LogP contribution in [0.3, 0.4) is 0 Å². The Bertz CT molecular complexity index is 754. The second-order valence-electron chi connectivity index (χ2n) is 3.88. The lowest BCUT2D eigenvalue weighted by Crippen LogP contribution is -1.90. The number of aromatic nitrogens is 2. The van der Waals surface area contributed by atoms with Gasteiger partial charge in [0.15, 0.2) is 6.29 Å². The maximum absolute atomic E-state index is 13.6. The molecule has 0 bridgehead atoms. The van der Waals surface area contributed by atoms with Gasteiger partial charge >= 0.3 is 0 Å². The number of hydrogen-bond acceptors (Lipinski definition) is 3. The lowest BCUT2D eigenvalue weighted by molar-refractivity contribution is 0.111. The monoisotopic (exact) mass is 272 g/mol. The van der Waals surface area contributed by atoms with E-state index in [0.29, 0.717) is 21.3 Å². The number of imidazole rings is 1. The number of carbonyl (C=O) groups is 1. The van der Waals surface area contributed by atoms with Crippen molar-refractivity contribution in [2.75, 3.05) is 0 Å². The molecule has 19 heavy (non-hydrogen) atoms. The fourth-order valence-electron chi connectivity index (χ4n) is 1.81. The molecule has 3 nitrogen and oxygen atoms in total. The Labute approximate surface area is 113 Å². The molecule has 94 valence electrons. The van der Waals surface area contributed by atoms with Crippen molar-refractivity contribution in [2.24, 2.45) is 0 Å². The summed E-state index contributed by atoms with van der Waals surface area (Å²) < 4.78 is 15.3. The summed E-state index contributed by atoms with van der Waals surface area (Å²) in [6.45, 7) is 0. The van der Waals surface area contributed by atoms with Crippen LogP contribution in [0.25, 0.3) is 5.65 Å². The van der Waals surface area contributed by atoms with Gasteiger partial charge in [-0.15, -0.1) is 0 Å². The van der Waals surface area contributed by atoms with Gasteiger partial charge in [0.25, 0.3) is 0 Å². The second-order valence-corrected chi connectivity index (χ2v) is 4.91. The minimum absolute atomic E-state index is 0.318. The zero-order chi connectivity index (χ0) is 13.2. The molecule has 0 saturated heterocycles. The largest absolute Gasteiger partial charge is 0.296 e. The molecule has 0 radical (unpaired) electrons. The molecule has 0 amide bonds. The number of nitrogens with zero attached hydrogens (tertiary/aromatic N) is 2. The van der Waals surface area contributed by atoms with E-state index in [4.69, 9.17) is 0 Å². The summed E-state index contributed by atoms with van der Waals surface area (Å²) in [6, 6.07) is 11.9. The van der Waals surface area contributed by atoms with E-state index in [1.54, 1.807) is 34.9 Å². The average molecular weight is 272 g/mol. The molecule has 3 rings (SSSR count). The number of hydrogen-bond donors (Lipinski definition) is 0. The van der Waals surface area contributed by atoms with Crippen LogP contribution in [-0.4, -0.2) is 15.7 Å². The predicted octanol–water partition coefficient (Wildman–Crippen LogP) is 3.44. The van der Waals surface area contributed by atoms with Crippen LogP contribution >= 0.6 is 11.8 Å². The van der Waals surface area contributed by atoms with Crippen molar-refractivity contribution in [3.8, 4) is 0 Å². The molecule has 0 aliphatic carbocycles. The van der Waals surface area contributed by atoms with Gasteiger partial charge in [-0.1, -0.05) is 30.0 Å². The highest BCUT2D eigenvalue weighted by Crippen LogP contribution is 2.31. The number of aldehydes is 1. The summed E-state index contributed by atoms with van der Waals surface area (Å²) in [5.41, 5.74) is 1.10. The Morgan fingerprint density at radius 3 is 2.74 bits per heavy atom. The van der Waals surface area contributed by atoms with Crippen molar-refractivity contribution in [1.29, 1.82) is 0 Å². The summed E-state index contributed by atoms with van der Waals surface area (Å²) >= 11 is 1.15. The highest BCUT2D eigenvalue weighted by Gasteiger charge is 2.14. The number of benzene rings is 1. The number of rotatable bonds is 3. The molecule has 2 heterocycles. The third-order valence-corrected chi connectivity index (χ3v) is 3.73. The second kappa shape index (κ2) is 4.85. The van der Waals surface area contributed by atoms with Crippen LogP contribution in [0, 0.1) is 5.82 Å². The first kappa shape index (κ1) is 11.9. The first-order valence-corrected chi connectivity index (χ1v) is 6.46. The molecule has 3 aromatic rings. The molecule has 0 spiro atoms. The molecule has 0 unspecified atom stereocenters. The zero-order valence-corrected chi connectivity index (χ0v) is 10.6. The van der Waals surface area contributed by atoms with Crippen molar-refractivity contribution in [2.45, 2.75) is 9.92 Å². The number of carbonyl (C=O) groups excluding carboxylic acids is 1. The van der Waals surface area contributed by atoms with Crippen molar-refractivity contribution in [1.82, 2.24) is 9.38 Å². The average Bonchev–Trinajstić information content (AvgIpc) is 2.78. The van der Waals surface area contributed by atoms with Gasteiger partial charge < -0.3 is 0 Å². The first-order chi connectivity index (χ1) is 9.29. The molecule has 0 fully saturated rings. The van der Waals surface area contributed by atoms with Crippen LogP contribution in [0.5, 0.6) is 0 Å². The molecular formula is C14H9FN2OS. The van der Waals surface area contributed by atoms with Gasteiger partial charge in [-0.05, 0) is 24.3 Å². The highest BCUT2D eigenvalue weighted by atomic mass is 32.2. The van der Waals surface area contributed by atoms with Crippen molar-refractivity contribution in [3.05, 3.63) is 60.2 Å². The molecule has 5 heteroatoms. The number of halogens is 1. The van der Waals surface area contributed by atoms with Crippen LogP contribution in [0.15, 0.2) is 58.6 Å². The third-order valence-electron chi connectivity index (χ3n) is 2.69. The van der Waals surface area contributed by atoms with Gasteiger partial charge in [0.05, 0.1) is 0 Å². The van der Waals surface area contributed by atoms with Crippen LogP contribution in [0.1, 0.15) is 10.5 Å². The first-order valence-electron chi connectivity index (χ1n) is 5.64. The minimum Gasteiger partial charge on any atom is -0.296 e. The van der Waals surface area contributed by atoms with Crippen LogP contribution in [-0.2, 0) is 0 Å². The SMILES string of the molecule is O=Cc1c(Sc2ccccc2F)nc2ccccn12. The predicted molar refractivity (Wildman–Crippen MR) is 71.1 cm³/mol. The molecule has 0 aliphatic heterocycles. The summed E-state index contributed by atoms with van der Waals surface area (Å²) in [5.74, 6) is -0.318.